The maximum atomic E-state index is 12.3. The number of hydrogen-bond donors (Lipinski definition) is 3. The molecule has 0 radical (unpaired) electrons. The first-order valence-electron chi connectivity index (χ1n) is 8.50. The number of carboxylic acid groups (broad SMARTS) is 1. The van der Waals surface area contributed by atoms with Crippen LogP contribution in [0.25, 0.3) is 0 Å². The van der Waals surface area contributed by atoms with Gasteiger partial charge in [-0.25, -0.2) is 0 Å². The van der Waals surface area contributed by atoms with E-state index < -0.39 is 5.97 Å². The van der Waals surface area contributed by atoms with Crippen LogP contribution in [0.5, 0.6) is 0 Å². The van der Waals surface area contributed by atoms with E-state index in [0.29, 0.717) is 18.9 Å². The Labute approximate surface area is 137 Å². The Morgan fingerprint density at radius 3 is 2.52 bits per heavy atom. The predicted octanol–water partition coefficient (Wildman–Crippen LogP) is 0.596. The fraction of sp³-hybridized carbons (Fsp3) is 0.812. The van der Waals surface area contributed by atoms with Gasteiger partial charge < -0.3 is 20.6 Å². The van der Waals surface area contributed by atoms with Gasteiger partial charge in [-0.3, -0.25) is 14.4 Å². The Balaban J connectivity index is 2.34. The Bertz CT molecular complexity index is 395. The lowest BCUT2D eigenvalue weighted by molar-refractivity contribution is -0.138. The van der Waals surface area contributed by atoms with Crippen molar-refractivity contribution in [3.8, 4) is 0 Å². The van der Waals surface area contributed by atoms with Gasteiger partial charge in [0, 0.05) is 19.5 Å². The molecule has 0 atom stereocenters. The summed E-state index contributed by atoms with van der Waals surface area (Å²) in [5.41, 5.74) is 0. The van der Waals surface area contributed by atoms with Gasteiger partial charge in [-0.15, -0.1) is 0 Å². The second-order valence-corrected chi connectivity index (χ2v) is 6.04. The molecule has 0 bridgehead atoms. The molecule has 1 heterocycles. The van der Waals surface area contributed by atoms with E-state index >= 15 is 0 Å². The molecule has 7 heteroatoms. The van der Waals surface area contributed by atoms with Gasteiger partial charge in [0.15, 0.2) is 0 Å². The molecule has 1 saturated heterocycles. The van der Waals surface area contributed by atoms with E-state index in [0.717, 1.165) is 38.8 Å². The molecule has 1 aliphatic rings. The van der Waals surface area contributed by atoms with Crippen molar-refractivity contribution < 1.29 is 19.5 Å². The molecular formula is C16H29N3O4. The molecule has 0 aromatic heterocycles. The molecular weight excluding hydrogens is 298 g/mol. The number of aliphatic carboxylic acids is 1. The van der Waals surface area contributed by atoms with Gasteiger partial charge in [0.1, 0.15) is 0 Å². The molecule has 0 unspecified atom stereocenters. The lowest BCUT2D eigenvalue weighted by atomic mass is 9.93. The van der Waals surface area contributed by atoms with Crippen molar-refractivity contribution in [2.24, 2.45) is 5.92 Å². The fourth-order valence-corrected chi connectivity index (χ4v) is 2.76. The maximum absolute atomic E-state index is 12.3. The lowest BCUT2D eigenvalue weighted by Crippen LogP contribution is -2.41. The Hall–Kier alpha value is -1.63. The summed E-state index contributed by atoms with van der Waals surface area (Å²) in [6.07, 6.45) is 4.26. The molecule has 0 spiro atoms. The van der Waals surface area contributed by atoms with E-state index in [1.54, 1.807) is 4.90 Å². The van der Waals surface area contributed by atoms with Crippen LogP contribution in [-0.2, 0) is 14.4 Å². The summed E-state index contributed by atoms with van der Waals surface area (Å²) in [5.74, 6) is -0.643. The number of rotatable bonds is 10. The highest BCUT2D eigenvalue weighted by Crippen LogP contribution is 2.18. The Kier molecular flexibility index (Phi) is 9.28. The first-order valence-corrected chi connectivity index (χ1v) is 8.50. The number of hydrogen-bond acceptors (Lipinski definition) is 4. The van der Waals surface area contributed by atoms with Crippen molar-refractivity contribution in [2.45, 2.75) is 45.4 Å². The SMILES string of the molecule is CCCN(CC(=O)NCCC(=O)O)C(=O)CCC1CCNCC1. The van der Waals surface area contributed by atoms with Gasteiger partial charge in [0.05, 0.1) is 13.0 Å². The third kappa shape index (κ3) is 8.54. The number of amides is 2. The number of carboxylic acids is 1. The molecule has 0 aromatic rings. The molecule has 0 saturated carbocycles. The zero-order chi connectivity index (χ0) is 17.1. The van der Waals surface area contributed by atoms with Crippen LogP contribution in [0.15, 0.2) is 0 Å². The van der Waals surface area contributed by atoms with Gasteiger partial charge in [-0.05, 0) is 44.7 Å². The molecule has 23 heavy (non-hydrogen) atoms. The van der Waals surface area contributed by atoms with Crippen LogP contribution in [0.2, 0.25) is 0 Å². The summed E-state index contributed by atoms with van der Waals surface area (Å²) in [4.78, 5) is 36.2. The van der Waals surface area contributed by atoms with Crippen molar-refractivity contribution in [3.05, 3.63) is 0 Å². The summed E-state index contributed by atoms with van der Waals surface area (Å²) in [7, 11) is 0. The first-order chi connectivity index (χ1) is 11.0. The van der Waals surface area contributed by atoms with Crippen molar-refractivity contribution in [2.75, 3.05) is 32.7 Å². The molecule has 1 fully saturated rings. The molecule has 132 valence electrons. The number of carbonyl (C=O) groups is 3. The van der Waals surface area contributed by atoms with E-state index in [2.05, 4.69) is 10.6 Å². The standard InChI is InChI=1S/C16H29N3O4/c1-2-11-19(12-14(20)18-10-7-16(22)23)15(21)4-3-13-5-8-17-9-6-13/h13,17H,2-12H2,1H3,(H,18,20)(H,22,23). The number of nitrogens with zero attached hydrogens (tertiary/aromatic N) is 1. The summed E-state index contributed by atoms with van der Waals surface area (Å²) >= 11 is 0. The monoisotopic (exact) mass is 327 g/mol. The predicted molar refractivity (Wildman–Crippen MR) is 87.0 cm³/mol. The van der Waals surface area contributed by atoms with Gasteiger partial charge in [-0.2, -0.15) is 0 Å². The molecule has 3 N–H and O–H groups in total. The molecule has 1 aliphatic heterocycles. The second-order valence-electron chi connectivity index (χ2n) is 6.04. The summed E-state index contributed by atoms with van der Waals surface area (Å²) in [6.45, 7) is 4.66. The van der Waals surface area contributed by atoms with Gasteiger partial charge in [-0.1, -0.05) is 6.92 Å². The van der Waals surface area contributed by atoms with Gasteiger partial charge in [0.25, 0.3) is 0 Å². The maximum Gasteiger partial charge on any atom is 0.305 e. The van der Waals surface area contributed by atoms with Crippen LogP contribution in [0.3, 0.4) is 0 Å². The van der Waals surface area contributed by atoms with Crippen LogP contribution in [0.1, 0.15) is 45.4 Å². The molecule has 2 amide bonds. The first kappa shape index (κ1) is 19.4. The van der Waals surface area contributed by atoms with Gasteiger partial charge >= 0.3 is 5.97 Å². The second kappa shape index (κ2) is 11.0. The highest BCUT2D eigenvalue weighted by atomic mass is 16.4. The van der Waals surface area contributed by atoms with E-state index in [4.69, 9.17) is 5.11 Å². The van der Waals surface area contributed by atoms with E-state index in [1.807, 2.05) is 6.92 Å². The quantitative estimate of drug-likeness (QED) is 0.546. The number of carbonyl (C=O) groups excluding carboxylic acids is 2. The fourth-order valence-electron chi connectivity index (χ4n) is 2.76. The van der Waals surface area contributed by atoms with Crippen LogP contribution in [0, 0.1) is 5.92 Å². The molecule has 1 rings (SSSR count). The Morgan fingerprint density at radius 1 is 1.22 bits per heavy atom. The smallest absolute Gasteiger partial charge is 0.305 e. The van der Waals surface area contributed by atoms with Crippen LogP contribution in [0.4, 0.5) is 0 Å². The molecule has 7 nitrogen and oxygen atoms in total. The third-order valence-corrected chi connectivity index (χ3v) is 4.07. The largest absolute Gasteiger partial charge is 0.481 e. The Morgan fingerprint density at radius 2 is 1.91 bits per heavy atom. The average molecular weight is 327 g/mol. The highest BCUT2D eigenvalue weighted by Gasteiger charge is 2.19. The van der Waals surface area contributed by atoms with Crippen molar-refractivity contribution in [3.63, 3.8) is 0 Å². The van der Waals surface area contributed by atoms with Crippen LogP contribution in [-0.4, -0.2) is 60.5 Å². The van der Waals surface area contributed by atoms with Crippen molar-refractivity contribution in [1.29, 1.82) is 0 Å². The van der Waals surface area contributed by atoms with E-state index in [9.17, 15) is 14.4 Å². The number of piperidine rings is 1. The highest BCUT2D eigenvalue weighted by molar-refractivity contribution is 5.85. The minimum Gasteiger partial charge on any atom is -0.481 e. The topological polar surface area (TPSA) is 98.7 Å². The summed E-state index contributed by atoms with van der Waals surface area (Å²) in [5, 5.41) is 14.4. The zero-order valence-electron chi connectivity index (χ0n) is 14.0. The minimum atomic E-state index is -0.950. The summed E-state index contributed by atoms with van der Waals surface area (Å²) in [6, 6.07) is 0. The van der Waals surface area contributed by atoms with E-state index in [1.165, 1.54) is 0 Å². The van der Waals surface area contributed by atoms with Crippen LogP contribution >= 0.6 is 0 Å². The minimum absolute atomic E-state index is 0.0124. The summed E-state index contributed by atoms with van der Waals surface area (Å²) < 4.78 is 0. The number of nitrogens with one attached hydrogen (secondary N) is 2. The lowest BCUT2D eigenvalue weighted by Gasteiger charge is -2.25. The molecule has 0 aromatic carbocycles. The third-order valence-electron chi connectivity index (χ3n) is 4.07. The zero-order valence-corrected chi connectivity index (χ0v) is 14.0. The van der Waals surface area contributed by atoms with Gasteiger partial charge in [0.2, 0.25) is 11.8 Å². The average Bonchev–Trinajstić information content (AvgIpc) is 2.53. The van der Waals surface area contributed by atoms with E-state index in [-0.39, 0.29) is 31.3 Å². The van der Waals surface area contributed by atoms with Crippen LogP contribution < -0.4 is 10.6 Å². The van der Waals surface area contributed by atoms with Crippen molar-refractivity contribution >= 4 is 17.8 Å². The molecule has 0 aliphatic carbocycles. The normalized spacial score (nSPS) is 15.2. The van der Waals surface area contributed by atoms with Crippen molar-refractivity contribution in [1.82, 2.24) is 15.5 Å².